The van der Waals surface area contributed by atoms with Crippen LogP contribution in [0.25, 0.3) is 28.7 Å². The third-order valence-corrected chi connectivity index (χ3v) is 4.68. The highest BCUT2D eigenvalue weighted by atomic mass is 16.5. The van der Waals surface area contributed by atoms with Gasteiger partial charge in [0.25, 0.3) is 5.56 Å². The predicted molar refractivity (Wildman–Crippen MR) is 114 cm³/mol. The van der Waals surface area contributed by atoms with Gasteiger partial charge in [-0.05, 0) is 53.6 Å². The van der Waals surface area contributed by atoms with Gasteiger partial charge in [0.2, 0.25) is 0 Å². The van der Waals surface area contributed by atoms with Gasteiger partial charge in [0.1, 0.15) is 11.6 Å². The molecule has 0 saturated carbocycles. The van der Waals surface area contributed by atoms with Crippen LogP contribution in [0.15, 0.2) is 77.6 Å². The molecular formula is C24H17N2O4-. The highest BCUT2D eigenvalue weighted by Crippen LogP contribution is 2.18. The molecule has 4 aromatic rings. The smallest absolute Gasteiger partial charge is 0.266 e. The zero-order valence-electron chi connectivity index (χ0n) is 16.1. The molecule has 0 N–H and O–H groups in total. The normalized spacial score (nSPS) is 11.1. The maximum atomic E-state index is 13.2. The van der Waals surface area contributed by atoms with E-state index in [2.05, 4.69) is 4.98 Å². The highest BCUT2D eigenvalue weighted by molar-refractivity contribution is 5.87. The molecule has 0 atom stereocenters. The Morgan fingerprint density at radius 2 is 1.77 bits per heavy atom. The monoisotopic (exact) mass is 397 g/mol. The van der Waals surface area contributed by atoms with Gasteiger partial charge in [0, 0.05) is 0 Å². The molecule has 0 saturated heterocycles. The summed E-state index contributed by atoms with van der Waals surface area (Å²) >= 11 is 0. The first-order valence-corrected chi connectivity index (χ1v) is 9.22. The lowest BCUT2D eigenvalue weighted by atomic mass is 10.1. The Morgan fingerprint density at radius 1 is 1.00 bits per heavy atom. The van der Waals surface area contributed by atoms with Crippen LogP contribution in [-0.4, -0.2) is 22.6 Å². The molecule has 0 aliphatic carbocycles. The quantitative estimate of drug-likeness (QED) is 0.517. The lowest BCUT2D eigenvalue weighted by Crippen LogP contribution is -2.25. The van der Waals surface area contributed by atoms with Gasteiger partial charge in [0.05, 0.1) is 29.7 Å². The molecule has 3 aromatic carbocycles. The molecule has 30 heavy (non-hydrogen) atoms. The van der Waals surface area contributed by atoms with Crippen molar-refractivity contribution in [3.05, 3.63) is 100 Å². The number of fused-ring (bicyclic) bond motifs is 1. The molecule has 1 heterocycles. The number of carbonyl (C=O) groups is 1. The van der Waals surface area contributed by atoms with Gasteiger partial charge in [0.15, 0.2) is 0 Å². The molecule has 148 valence electrons. The van der Waals surface area contributed by atoms with Crippen molar-refractivity contribution >= 4 is 29.0 Å². The van der Waals surface area contributed by atoms with Crippen LogP contribution in [0.4, 0.5) is 0 Å². The van der Waals surface area contributed by atoms with E-state index in [0.29, 0.717) is 22.4 Å². The molecular weight excluding hydrogens is 380 g/mol. The van der Waals surface area contributed by atoms with Crippen LogP contribution in [0, 0.1) is 0 Å². The third-order valence-electron chi connectivity index (χ3n) is 4.68. The molecule has 0 spiro atoms. The number of carboxylic acid groups (broad SMARTS) is 1. The van der Waals surface area contributed by atoms with Crippen molar-refractivity contribution in [1.29, 1.82) is 0 Å². The molecule has 0 aliphatic rings. The standard InChI is InChI=1S/C24H18N2O4/c1-30-19-12-9-16(10-13-19)11-14-22-25-21-8-3-2-7-20(21)23(27)26(22)18-6-4-5-17(15-18)24(28)29/h2-15H,1H3,(H,28,29)/p-1/b14-11+. The molecule has 0 unspecified atom stereocenters. The van der Waals surface area contributed by atoms with Crippen LogP contribution in [0.1, 0.15) is 21.7 Å². The number of ether oxygens (including phenoxy) is 1. The number of carbonyl (C=O) groups excluding carboxylic acids is 1. The number of para-hydroxylation sites is 1. The summed E-state index contributed by atoms with van der Waals surface area (Å²) in [5.74, 6) is -0.189. The maximum absolute atomic E-state index is 13.2. The van der Waals surface area contributed by atoms with Crippen LogP contribution < -0.4 is 15.4 Å². The molecule has 6 heteroatoms. The van der Waals surface area contributed by atoms with Crippen LogP contribution in [0.5, 0.6) is 5.75 Å². The minimum Gasteiger partial charge on any atom is -0.545 e. The van der Waals surface area contributed by atoms with Crippen molar-refractivity contribution in [3.8, 4) is 11.4 Å². The molecule has 0 fully saturated rings. The van der Waals surface area contributed by atoms with E-state index in [1.54, 1.807) is 43.5 Å². The minimum absolute atomic E-state index is 0.0161. The summed E-state index contributed by atoms with van der Waals surface area (Å²) in [6, 6.07) is 20.5. The van der Waals surface area contributed by atoms with Crippen molar-refractivity contribution in [2.45, 2.75) is 0 Å². The van der Waals surface area contributed by atoms with E-state index in [1.165, 1.54) is 16.7 Å². The molecule has 0 aliphatic heterocycles. The van der Waals surface area contributed by atoms with Gasteiger partial charge in [-0.15, -0.1) is 0 Å². The topological polar surface area (TPSA) is 84.2 Å². The number of aromatic nitrogens is 2. The lowest BCUT2D eigenvalue weighted by molar-refractivity contribution is -0.255. The fourth-order valence-electron chi connectivity index (χ4n) is 3.17. The van der Waals surface area contributed by atoms with Crippen LogP contribution in [0.3, 0.4) is 0 Å². The molecule has 1 aromatic heterocycles. The van der Waals surface area contributed by atoms with E-state index < -0.39 is 5.97 Å². The first-order chi connectivity index (χ1) is 14.6. The molecule has 4 rings (SSSR count). The van der Waals surface area contributed by atoms with Gasteiger partial charge in [-0.2, -0.15) is 0 Å². The van der Waals surface area contributed by atoms with Crippen LogP contribution >= 0.6 is 0 Å². The second-order valence-corrected chi connectivity index (χ2v) is 6.57. The Morgan fingerprint density at radius 3 is 2.50 bits per heavy atom. The fraction of sp³-hybridized carbons (Fsp3) is 0.0417. The van der Waals surface area contributed by atoms with Crippen molar-refractivity contribution in [2.24, 2.45) is 0 Å². The Balaban J connectivity index is 1.90. The molecule has 6 nitrogen and oxygen atoms in total. The van der Waals surface area contributed by atoms with Gasteiger partial charge in [-0.3, -0.25) is 9.36 Å². The summed E-state index contributed by atoms with van der Waals surface area (Å²) in [6.45, 7) is 0. The summed E-state index contributed by atoms with van der Waals surface area (Å²) < 4.78 is 6.57. The van der Waals surface area contributed by atoms with Crippen molar-refractivity contribution in [1.82, 2.24) is 9.55 Å². The van der Waals surface area contributed by atoms with Crippen molar-refractivity contribution in [2.75, 3.05) is 7.11 Å². The number of aromatic carboxylic acids is 1. The summed E-state index contributed by atoms with van der Waals surface area (Å²) in [7, 11) is 1.60. The highest BCUT2D eigenvalue weighted by Gasteiger charge is 2.11. The first-order valence-electron chi connectivity index (χ1n) is 9.22. The van der Waals surface area contributed by atoms with E-state index in [-0.39, 0.29) is 11.1 Å². The van der Waals surface area contributed by atoms with Gasteiger partial charge < -0.3 is 14.6 Å². The predicted octanol–water partition coefficient (Wildman–Crippen LogP) is 2.93. The van der Waals surface area contributed by atoms with Gasteiger partial charge in [-0.1, -0.05) is 42.5 Å². The number of hydrogen-bond donors (Lipinski definition) is 0. The Kier molecular flexibility index (Phi) is 5.13. The average Bonchev–Trinajstić information content (AvgIpc) is 2.78. The summed E-state index contributed by atoms with van der Waals surface area (Å²) in [5, 5.41) is 11.7. The number of nitrogens with zero attached hydrogens (tertiary/aromatic N) is 2. The summed E-state index contributed by atoms with van der Waals surface area (Å²) in [5.41, 5.74) is 1.55. The van der Waals surface area contributed by atoms with E-state index in [1.807, 2.05) is 36.4 Å². The van der Waals surface area contributed by atoms with E-state index >= 15 is 0 Å². The Labute approximate surface area is 172 Å². The number of hydrogen-bond acceptors (Lipinski definition) is 5. The zero-order chi connectivity index (χ0) is 21.1. The van der Waals surface area contributed by atoms with Crippen molar-refractivity contribution in [3.63, 3.8) is 0 Å². The Hall–Kier alpha value is -4.19. The van der Waals surface area contributed by atoms with E-state index in [4.69, 9.17) is 4.74 Å². The maximum Gasteiger partial charge on any atom is 0.266 e. The third kappa shape index (κ3) is 3.71. The molecule has 0 amide bonds. The first kappa shape index (κ1) is 19.1. The van der Waals surface area contributed by atoms with Crippen LogP contribution in [0.2, 0.25) is 0 Å². The minimum atomic E-state index is -1.31. The summed E-state index contributed by atoms with van der Waals surface area (Å²) in [6.07, 6.45) is 3.55. The fourth-order valence-corrected chi connectivity index (χ4v) is 3.17. The van der Waals surface area contributed by atoms with E-state index in [9.17, 15) is 14.7 Å². The van der Waals surface area contributed by atoms with Gasteiger partial charge >= 0.3 is 0 Å². The number of benzene rings is 3. The number of methoxy groups -OCH3 is 1. The second-order valence-electron chi connectivity index (χ2n) is 6.57. The lowest BCUT2D eigenvalue weighted by Gasteiger charge is -2.13. The largest absolute Gasteiger partial charge is 0.545 e. The molecule has 0 bridgehead atoms. The molecule has 0 radical (unpaired) electrons. The van der Waals surface area contributed by atoms with Crippen LogP contribution in [-0.2, 0) is 0 Å². The number of rotatable bonds is 5. The van der Waals surface area contributed by atoms with Gasteiger partial charge in [-0.25, -0.2) is 4.98 Å². The van der Waals surface area contributed by atoms with E-state index in [0.717, 1.165) is 11.3 Å². The zero-order valence-corrected chi connectivity index (χ0v) is 16.1. The number of carboxylic acids is 1. The van der Waals surface area contributed by atoms with Crippen molar-refractivity contribution < 1.29 is 14.6 Å². The SMILES string of the molecule is COc1ccc(/C=C/c2nc3ccccc3c(=O)n2-c2cccc(C(=O)[O-])c2)cc1. The average molecular weight is 397 g/mol. The summed E-state index contributed by atoms with van der Waals surface area (Å²) in [4.78, 5) is 29.2. The second kappa shape index (κ2) is 8.05. The Bertz CT molecular complexity index is 1320.